The molecule has 0 atom stereocenters. The SMILES string of the molecule is Cc1ccc(NS(=O)(=O)c2ccc(NC(=O)CN(c3cccc(F)c3)S(C)(=O)=O)cc2)c(C)c1. The van der Waals surface area contributed by atoms with Crippen LogP contribution < -0.4 is 14.3 Å². The number of sulfonamides is 2. The zero-order valence-electron chi connectivity index (χ0n) is 18.7. The van der Waals surface area contributed by atoms with E-state index in [1.165, 1.54) is 36.4 Å². The number of nitrogens with one attached hydrogen (secondary N) is 2. The van der Waals surface area contributed by atoms with E-state index in [-0.39, 0.29) is 16.3 Å². The Kier molecular flexibility index (Phi) is 7.27. The average Bonchev–Trinajstić information content (AvgIpc) is 2.73. The van der Waals surface area contributed by atoms with Gasteiger partial charge in [-0.25, -0.2) is 21.2 Å². The quantitative estimate of drug-likeness (QED) is 0.485. The first-order valence-electron chi connectivity index (χ1n) is 10.1. The summed E-state index contributed by atoms with van der Waals surface area (Å²) in [6.45, 7) is 3.12. The highest BCUT2D eigenvalue weighted by Gasteiger charge is 2.22. The summed E-state index contributed by atoms with van der Waals surface area (Å²) in [7, 11) is -7.72. The Balaban J connectivity index is 1.72. The highest BCUT2D eigenvalue weighted by molar-refractivity contribution is 7.92. The van der Waals surface area contributed by atoms with Crippen LogP contribution >= 0.6 is 0 Å². The molecule has 0 spiro atoms. The van der Waals surface area contributed by atoms with E-state index in [4.69, 9.17) is 0 Å². The molecule has 0 radical (unpaired) electrons. The number of hydrogen-bond acceptors (Lipinski definition) is 5. The summed E-state index contributed by atoms with van der Waals surface area (Å²) < 4.78 is 66.5. The largest absolute Gasteiger partial charge is 0.325 e. The van der Waals surface area contributed by atoms with Crippen LogP contribution in [0.15, 0.2) is 71.6 Å². The van der Waals surface area contributed by atoms with Gasteiger partial charge in [0.05, 0.1) is 22.5 Å². The molecule has 0 unspecified atom stereocenters. The van der Waals surface area contributed by atoms with Crippen molar-refractivity contribution < 1.29 is 26.0 Å². The Morgan fingerprint density at radius 3 is 2.21 bits per heavy atom. The van der Waals surface area contributed by atoms with Gasteiger partial charge in [0.1, 0.15) is 12.4 Å². The monoisotopic (exact) mass is 505 g/mol. The number of halogens is 1. The molecule has 8 nitrogen and oxygen atoms in total. The minimum absolute atomic E-state index is 0.0107. The molecule has 0 saturated heterocycles. The number of rotatable bonds is 8. The predicted molar refractivity (Wildman–Crippen MR) is 130 cm³/mol. The molecule has 0 aromatic heterocycles. The maximum Gasteiger partial charge on any atom is 0.261 e. The second-order valence-electron chi connectivity index (χ2n) is 7.75. The standard InChI is InChI=1S/C23H24FN3O5S2/c1-16-7-12-22(17(2)13-16)26-34(31,32)21-10-8-19(9-11-21)25-23(28)15-27(33(3,29)30)20-6-4-5-18(24)14-20/h4-14,26H,15H2,1-3H3,(H,25,28). The third-order valence-corrected chi connectivity index (χ3v) is 7.38. The molecule has 3 rings (SSSR count). The first-order valence-corrected chi connectivity index (χ1v) is 13.4. The van der Waals surface area contributed by atoms with Crippen LogP contribution in [0.25, 0.3) is 0 Å². The first kappa shape index (κ1) is 25.2. The highest BCUT2D eigenvalue weighted by atomic mass is 32.2. The summed E-state index contributed by atoms with van der Waals surface area (Å²) in [6, 6.07) is 15.7. The van der Waals surface area contributed by atoms with Gasteiger partial charge < -0.3 is 5.32 Å². The second kappa shape index (κ2) is 9.82. The molecular weight excluding hydrogens is 481 g/mol. The Morgan fingerprint density at radius 2 is 1.62 bits per heavy atom. The molecule has 11 heteroatoms. The van der Waals surface area contributed by atoms with E-state index in [0.717, 1.165) is 33.8 Å². The number of benzene rings is 3. The van der Waals surface area contributed by atoms with Crippen LogP contribution in [0.1, 0.15) is 11.1 Å². The lowest BCUT2D eigenvalue weighted by molar-refractivity contribution is -0.114. The van der Waals surface area contributed by atoms with E-state index in [2.05, 4.69) is 10.0 Å². The molecule has 1 amide bonds. The molecule has 0 aliphatic carbocycles. The minimum Gasteiger partial charge on any atom is -0.325 e. The summed E-state index contributed by atoms with van der Waals surface area (Å²) in [5, 5.41) is 2.52. The molecule has 0 heterocycles. The van der Waals surface area contributed by atoms with Crippen molar-refractivity contribution in [3.8, 4) is 0 Å². The summed E-state index contributed by atoms with van der Waals surface area (Å²) in [6.07, 6.45) is 0.910. The van der Waals surface area contributed by atoms with Crippen molar-refractivity contribution in [1.29, 1.82) is 0 Å². The van der Waals surface area contributed by atoms with Gasteiger partial charge >= 0.3 is 0 Å². The number of carbonyl (C=O) groups is 1. The number of carbonyl (C=O) groups excluding carboxylic acids is 1. The van der Waals surface area contributed by atoms with Crippen LogP contribution in [0, 0.1) is 19.7 Å². The van der Waals surface area contributed by atoms with Crippen LogP contribution in [0.2, 0.25) is 0 Å². The number of hydrogen-bond donors (Lipinski definition) is 2. The molecule has 0 aliphatic heterocycles. The molecule has 0 fully saturated rings. The van der Waals surface area contributed by atoms with Gasteiger partial charge in [0, 0.05) is 5.69 Å². The number of nitrogens with zero attached hydrogens (tertiary/aromatic N) is 1. The summed E-state index contributed by atoms with van der Waals surface area (Å²) in [5.74, 6) is -1.32. The van der Waals surface area contributed by atoms with Gasteiger partial charge in [-0.05, 0) is 67.9 Å². The van der Waals surface area contributed by atoms with E-state index in [9.17, 15) is 26.0 Å². The Morgan fingerprint density at radius 1 is 0.941 bits per heavy atom. The predicted octanol–water partition coefficient (Wildman–Crippen LogP) is 3.65. The molecule has 34 heavy (non-hydrogen) atoms. The van der Waals surface area contributed by atoms with Gasteiger partial charge in [0.15, 0.2) is 0 Å². The van der Waals surface area contributed by atoms with Gasteiger partial charge in [0.2, 0.25) is 15.9 Å². The number of aryl methyl sites for hydroxylation is 2. The van der Waals surface area contributed by atoms with E-state index < -0.39 is 38.3 Å². The zero-order valence-corrected chi connectivity index (χ0v) is 20.4. The van der Waals surface area contributed by atoms with Crippen molar-refractivity contribution in [3.63, 3.8) is 0 Å². The van der Waals surface area contributed by atoms with Crippen molar-refractivity contribution >= 4 is 43.0 Å². The summed E-state index contributed by atoms with van der Waals surface area (Å²) in [4.78, 5) is 12.5. The Labute approximate surface area is 198 Å². The molecule has 0 bridgehead atoms. The fourth-order valence-electron chi connectivity index (χ4n) is 3.21. The minimum atomic E-state index is -3.87. The Hall–Kier alpha value is -3.44. The van der Waals surface area contributed by atoms with Crippen LogP contribution in [0.3, 0.4) is 0 Å². The fourth-order valence-corrected chi connectivity index (χ4v) is 5.19. The van der Waals surface area contributed by atoms with Gasteiger partial charge in [0.25, 0.3) is 10.0 Å². The lowest BCUT2D eigenvalue weighted by Crippen LogP contribution is -2.37. The average molecular weight is 506 g/mol. The van der Waals surface area contributed by atoms with Gasteiger partial charge in [-0.3, -0.25) is 13.8 Å². The Bertz CT molecular complexity index is 1420. The highest BCUT2D eigenvalue weighted by Crippen LogP contribution is 2.22. The molecule has 0 aliphatic rings. The summed E-state index contributed by atoms with van der Waals surface area (Å²) >= 11 is 0. The van der Waals surface area contributed by atoms with Crippen molar-refractivity contribution in [1.82, 2.24) is 0 Å². The molecule has 2 N–H and O–H groups in total. The zero-order chi connectivity index (χ0) is 25.1. The van der Waals surface area contributed by atoms with E-state index in [0.29, 0.717) is 5.69 Å². The van der Waals surface area contributed by atoms with Crippen molar-refractivity contribution in [3.05, 3.63) is 83.7 Å². The van der Waals surface area contributed by atoms with Gasteiger partial charge in [-0.15, -0.1) is 0 Å². The summed E-state index contributed by atoms with van der Waals surface area (Å²) in [5.41, 5.74) is 2.52. The van der Waals surface area contributed by atoms with Crippen LogP contribution in [0.5, 0.6) is 0 Å². The smallest absolute Gasteiger partial charge is 0.261 e. The lowest BCUT2D eigenvalue weighted by atomic mass is 10.1. The van der Waals surface area contributed by atoms with Crippen LogP contribution in [-0.4, -0.2) is 35.5 Å². The van der Waals surface area contributed by atoms with Crippen molar-refractivity contribution in [2.45, 2.75) is 18.7 Å². The molecule has 180 valence electrons. The van der Waals surface area contributed by atoms with E-state index >= 15 is 0 Å². The molecule has 3 aromatic carbocycles. The van der Waals surface area contributed by atoms with Crippen LogP contribution in [0.4, 0.5) is 21.5 Å². The fraction of sp³-hybridized carbons (Fsp3) is 0.174. The molecular formula is C23H24FN3O5S2. The second-order valence-corrected chi connectivity index (χ2v) is 11.3. The van der Waals surface area contributed by atoms with E-state index in [1.807, 2.05) is 13.0 Å². The third kappa shape index (κ3) is 6.33. The van der Waals surface area contributed by atoms with Gasteiger partial charge in [-0.1, -0.05) is 23.8 Å². The van der Waals surface area contributed by atoms with Crippen molar-refractivity contribution in [2.24, 2.45) is 0 Å². The molecule has 0 saturated carbocycles. The third-order valence-electron chi connectivity index (χ3n) is 4.86. The molecule has 3 aromatic rings. The first-order chi connectivity index (χ1) is 15.8. The number of anilines is 3. The van der Waals surface area contributed by atoms with Gasteiger partial charge in [-0.2, -0.15) is 0 Å². The normalized spacial score (nSPS) is 11.6. The van der Waals surface area contributed by atoms with E-state index in [1.54, 1.807) is 19.1 Å². The maximum absolute atomic E-state index is 13.5. The lowest BCUT2D eigenvalue weighted by Gasteiger charge is -2.22. The van der Waals surface area contributed by atoms with Crippen LogP contribution in [-0.2, 0) is 24.8 Å². The number of amides is 1. The topological polar surface area (TPSA) is 113 Å². The maximum atomic E-state index is 13.5. The van der Waals surface area contributed by atoms with Crippen molar-refractivity contribution in [2.75, 3.05) is 27.1 Å².